The van der Waals surface area contributed by atoms with Gasteiger partial charge in [-0.2, -0.15) is 0 Å². The van der Waals surface area contributed by atoms with E-state index in [2.05, 4.69) is 17.6 Å². The van der Waals surface area contributed by atoms with Crippen molar-refractivity contribution in [3.05, 3.63) is 18.1 Å². The summed E-state index contributed by atoms with van der Waals surface area (Å²) in [5.41, 5.74) is 0.134. The van der Waals surface area contributed by atoms with Gasteiger partial charge in [-0.3, -0.25) is 14.8 Å². The molecule has 2 aliphatic carbocycles. The van der Waals surface area contributed by atoms with Crippen LogP contribution in [0, 0.1) is 35.0 Å². The first-order valence-electron chi connectivity index (χ1n) is 13.3. The Morgan fingerprint density at radius 2 is 1.89 bits per heavy atom. The molecule has 8 unspecified atom stereocenters. The second kappa shape index (κ2) is 12.0. The van der Waals surface area contributed by atoms with Crippen LogP contribution in [-0.4, -0.2) is 62.2 Å². The van der Waals surface area contributed by atoms with Gasteiger partial charge in [-0.15, -0.1) is 0 Å². The summed E-state index contributed by atoms with van der Waals surface area (Å²) in [4.78, 5) is 13.4. The van der Waals surface area contributed by atoms with Crippen molar-refractivity contribution in [1.29, 1.82) is 5.41 Å². The molecule has 1 saturated heterocycles. The van der Waals surface area contributed by atoms with E-state index in [4.69, 9.17) is 19.3 Å². The van der Waals surface area contributed by atoms with Gasteiger partial charge in [-0.1, -0.05) is 6.92 Å². The van der Waals surface area contributed by atoms with Crippen LogP contribution in [0.25, 0.3) is 0 Å². The van der Waals surface area contributed by atoms with E-state index in [1.807, 2.05) is 4.57 Å². The van der Waals surface area contributed by atoms with E-state index in [1.165, 1.54) is 6.26 Å². The Hall–Kier alpha value is -1.71. The summed E-state index contributed by atoms with van der Waals surface area (Å²) in [6, 6.07) is 0.216. The lowest BCUT2D eigenvalue weighted by atomic mass is 9.68. The van der Waals surface area contributed by atoms with Crippen LogP contribution in [0.15, 0.2) is 16.9 Å². The monoisotopic (exact) mass is 494 g/mol. The topological polar surface area (TPSA) is 102 Å². The highest BCUT2D eigenvalue weighted by molar-refractivity contribution is 5.78. The van der Waals surface area contributed by atoms with Gasteiger partial charge in [0, 0.05) is 52.0 Å². The lowest BCUT2D eigenvalue weighted by molar-refractivity contribution is -0.128. The molecule has 1 aromatic heterocycles. The van der Waals surface area contributed by atoms with Crippen LogP contribution in [0.2, 0.25) is 0 Å². The average Bonchev–Trinajstić information content (AvgIpc) is 3.26. The van der Waals surface area contributed by atoms with Crippen molar-refractivity contribution in [1.82, 2.24) is 15.2 Å². The maximum atomic E-state index is 14.0. The SMILES string of the molecule is COC1CC(CNC(=O)C2CC(Cn3ccoc3=N)CC(C3NCC(F)CC3C)C2)CC(OC)C1. The van der Waals surface area contributed by atoms with Crippen LogP contribution in [0.5, 0.6) is 0 Å². The first-order valence-corrected chi connectivity index (χ1v) is 13.3. The van der Waals surface area contributed by atoms with Crippen LogP contribution in [0.3, 0.4) is 0 Å². The number of hydrogen-bond acceptors (Lipinski definition) is 6. The number of oxazole rings is 1. The van der Waals surface area contributed by atoms with E-state index in [-0.39, 0.29) is 47.6 Å². The van der Waals surface area contributed by atoms with Gasteiger partial charge in [0.25, 0.3) is 5.68 Å². The van der Waals surface area contributed by atoms with Gasteiger partial charge in [-0.05, 0) is 68.6 Å². The second-order valence-electron chi connectivity index (χ2n) is 11.2. The summed E-state index contributed by atoms with van der Waals surface area (Å²) in [6.07, 6.45) is 8.78. The Morgan fingerprint density at radius 1 is 1.14 bits per heavy atom. The number of amides is 1. The molecule has 1 aliphatic heterocycles. The molecule has 35 heavy (non-hydrogen) atoms. The molecule has 0 spiro atoms. The van der Waals surface area contributed by atoms with Crippen LogP contribution in [0.1, 0.15) is 51.9 Å². The van der Waals surface area contributed by atoms with E-state index in [0.717, 1.165) is 38.5 Å². The molecular weight excluding hydrogens is 451 g/mol. The molecule has 198 valence electrons. The fourth-order valence-corrected chi connectivity index (χ4v) is 6.86. The molecule has 3 fully saturated rings. The van der Waals surface area contributed by atoms with E-state index in [0.29, 0.717) is 37.9 Å². The van der Waals surface area contributed by atoms with Crippen molar-refractivity contribution in [2.75, 3.05) is 27.3 Å². The minimum Gasteiger partial charge on any atom is -0.432 e. The third-order valence-corrected chi connectivity index (χ3v) is 8.62. The Morgan fingerprint density at radius 3 is 2.51 bits per heavy atom. The number of carbonyl (C=O) groups is 1. The molecular formula is C26H43FN4O4. The number of ether oxygens (including phenoxy) is 2. The molecule has 2 saturated carbocycles. The molecule has 0 aromatic carbocycles. The highest BCUT2D eigenvalue weighted by atomic mass is 19.1. The fraction of sp³-hybridized carbons (Fsp3) is 0.846. The minimum atomic E-state index is -0.797. The van der Waals surface area contributed by atoms with Crippen molar-refractivity contribution in [3.8, 4) is 0 Å². The number of nitrogens with zero attached hydrogens (tertiary/aromatic N) is 1. The number of methoxy groups -OCH3 is 2. The predicted molar refractivity (Wildman–Crippen MR) is 129 cm³/mol. The van der Waals surface area contributed by atoms with Gasteiger partial charge >= 0.3 is 0 Å². The minimum absolute atomic E-state index is 0.0856. The normalized spacial score (nSPS) is 38.2. The van der Waals surface area contributed by atoms with Crippen LogP contribution in [-0.2, 0) is 20.8 Å². The molecule has 3 aliphatic rings. The molecule has 8 atom stereocenters. The molecule has 0 radical (unpaired) electrons. The van der Waals surface area contributed by atoms with Crippen molar-refractivity contribution in [3.63, 3.8) is 0 Å². The zero-order chi connectivity index (χ0) is 24.9. The zero-order valence-electron chi connectivity index (χ0n) is 21.4. The Bertz CT molecular complexity index is 864. The van der Waals surface area contributed by atoms with E-state index < -0.39 is 6.17 Å². The van der Waals surface area contributed by atoms with E-state index in [1.54, 1.807) is 20.4 Å². The zero-order valence-corrected chi connectivity index (χ0v) is 21.4. The summed E-state index contributed by atoms with van der Waals surface area (Å²) in [7, 11) is 3.48. The standard InChI is InChI=1S/C26H43FN4O4/c1-16-6-21(27)14-29-24(16)19-7-18(15-31-4-5-35-26(31)28)8-20(11-19)25(32)30-13-17-9-22(33-2)12-23(10-17)34-3/h4-5,16-24,28-29H,6-15H2,1-3H3,(H,30,32). The lowest BCUT2D eigenvalue weighted by Crippen LogP contribution is -2.52. The van der Waals surface area contributed by atoms with Gasteiger partial charge in [0.15, 0.2) is 0 Å². The second-order valence-corrected chi connectivity index (χ2v) is 11.2. The highest BCUT2D eigenvalue weighted by Crippen LogP contribution is 2.39. The van der Waals surface area contributed by atoms with Gasteiger partial charge in [0.2, 0.25) is 5.91 Å². The molecule has 8 nitrogen and oxygen atoms in total. The van der Waals surface area contributed by atoms with Gasteiger partial charge < -0.3 is 24.5 Å². The highest BCUT2D eigenvalue weighted by Gasteiger charge is 2.40. The average molecular weight is 495 g/mol. The summed E-state index contributed by atoms with van der Waals surface area (Å²) in [5.74, 6) is 1.17. The van der Waals surface area contributed by atoms with Gasteiger partial charge in [0.1, 0.15) is 12.4 Å². The number of rotatable bonds is 8. The largest absolute Gasteiger partial charge is 0.432 e. The number of alkyl halides is 1. The molecule has 1 aromatic rings. The smallest absolute Gasteiger partial charge is 0.293 e. The number of aromatic nitrogens is 1. The van der Waals surface area contributed by atoms with Crippen molar-refractivity contribution in [2.45, 2.75) is 82.8 Å². The Kier molecular flexibility index (Phi) is 9.05. The lowest BCUT2D eigenvalue weighted by Gasteiger charge is -2.43. The number of nitrogens with one attached hydrogen (secondary N) is 3. The molecule has 1 amide bonds. The number of piperidine rings is 1. The Labute approximate surface area is 207 Å². The third-order valence-electron chi connectivity index (χ3n) is 8.62. The van der Waals surface area contributed by atoms with Crippen molar-refractivity contribution >= 4 is 5.91 Å². The number of hydrogen-bond donors (Lipinski definition) is 3. The number of carbonyl (C=O) groups excluding carboxylic acids is 1. The number of halogens is 1. The first kappa shape index (κ1) is 26.4. The molecule has 3 N–H and O–H groups in total. The first-order chi connectivity index (χ1) is 16.9. The summed E-state index contributed by atoms with van der Waals surface area (Å²) < 4.78 is 32.1. The molecule has 9 heteroatoms. The Balaban J connectivity index is 1.41. The van der Waals surface area contributed by atoms with E-state index >= 15 is 0 Å². The summed E-state index contributed by atoms with van der Waals surface area (Å²) >= 11 is 0. The molecule has 4 rings (SSSR count). The van der Waals surface area contributed by atoms with Crippen LogP contribution >= 0.6 is 0 Å². The molecule has 0 bridgehead atoms. The van der Waals surface area contributed by atoms with Crippen molar-refractivity contribution < 1.29 is 23.1 Å². The maximum Gasteiger partial charge on any atom is 0.293 e. The van der Waals surface area contributed by atoms with Gasteiger partial charge in [-0.25, -0.2) is 4.39 Å². The summed E-state index contributed by atoms with van der Waals surface area (Å²) in [5, 5.41) is 14.7. The fourth-order valence-electron chi connectivity index (χ4n) is 6.86. The maximum absolute atomic E-state index is 14.0. The summed E-state index contributed by atoms with van der Waals surface area (Å²) in [6.45, 7) is 3.81. The van der Waals surface area contributed by atoms with Gasteiger partial charge in [0.05, 0.1) is 12.2 Å². The third kappa shape index (κ3) is 6.74. The van der Waals surface area contributed by atoms with Crippen molar-refractivity contribution in [2.24, 2.45) is 29.6 Å². The van der Waals surface area contributed by atoms with E-state index in [9.17, 15) is 9.18 Å². The predicted octanol–water partition coefficient (Wildman–Crippen LogP) is 2.88. The van der Waals surface area contributed by atoms with Crippen LogP contribution in [0.4, 0.5) is 4.39 Å². The quantitative estimate of drug-likeness (QED) is 0.516. The molecule has 2 heterocycles. The van der Waals surface area contributed by atoms with Crippen LogP contribution < -0.4 is 16.3 Å².